The average Bonchev–Trinajstić information content (AvgIpc) is 3.24. The van der Waals surface area contributed by atoms with Gasteiger partial charge in [0.25, 0.3) is 0 Å². The molecule has 0 atom stereocenters. The Bertz CT molecular complexity index is 1040. The summed E-state index contributed by atoms with van der Waals surface area (Å²) >= 11 is 9.19. The Balaban J connectivity index is 1.79. The molecule has 1 heterocycles. The van der Waals surface area contributed by atoms with Gasteiger partial charge in [-0.05, 0) is 55.9 Å². The minimum Gasteiger partial charge on any atom is -0.494 e. The van der Waals surface area contributed by atoms with Crippen molar-refractivity contribution < 1.29 is 9.53 Å². The van der Waals surface area contributed by atoms with Gasteiger partial charge in [0, 0.05) is 35.2 Å². The van der Waals surface area contributed by atoms with Crippen molar-refractivity contribution in [2.75, 3.05) is 43.9 Å². The number of hydrogen-bond acceptors (Lipinski definition) is 6. The van der Waals surface area contributed by atoms with Crippen LogP contribution in [0, 0.1) is 6.92 Å². The first-order valence-electron chi connectivity index (χ1n) is 10.8. The fraction of sp³-hybridized carbons (Fsp3) is 0.417. The smallest absolute Gasteiger partial charge is 0.229 e. The van der Waals surface area contributed by atoms with Gasteiger partial charge in [-0.25, -0.2) is 4.98 Å². The summed E-state index contributed by atoms with van der Waals surface area (Å²) < 4.78 is 6.58. The zero-order valence-corrected chi connectivity index (χ0v) is 21.4. The number of likely N-dealkylation sites (N-methyl/N-ethyl adjacent to an activating group) is 1. The molecule has 0 bridgehead atoms. The number of hydrogen-bond donors (Lipinski definition) is 0. The zero-order chi connectivity index (χ0) is 23.1. The molecule has 0 saturated heterocycles. The van der Waals surface area contributed by atoms with Crippen LogP contribution in [0.25, 0.3) is 10.2 Å². The van der Waals surface area contributed by atoms with Crippen molar-refractivity contribution in [3.05, 3.63) is 47.0 Å². The Hall–Kier alpha value is -1.80. The molecular formula is C24H30ClN3O2S2. The molecule has 3 rings (SSSR count). The SMILES string of the molecule is CCN(CC)CCN(C(=O)CCSc1ccc(Cl)cc1)c1nc2c(OC)ccc(C)c2s1. The van der Waals surface area contributed by atoms with E-state index in [1.54, 1.807) is 30.2 Å². The van der Waals surface area contributed by atoms with Crippen LogP contribution in [-0.4, -0.2) is 54.8 Å². The molecule has 172 valence electrons. The van der Waals surface area contributed by atoms with E-state index in [4.69, 9.17) is 21.3 Å². The van der Waals surface area contributed by atoms with E-state index in [9.17, 15) is 4.79 Å². The second-order valence-electron chi connectivity index (χ2n) is 7.38. The van der Waals surface area contributed by atoms with Crippen molar-refractivity contribution >= 4 is 56.0 Å². The van der Waals surface area contributed by atoms with Gasteiger partial charge in [-0.1, -0.05) is 42.9 Å². The van der Waals surface area contributed by atoms with Crippen molar-refractivity contribution in [1.82, 2.24) is 9.88 Å². The Morgan fingerprint density at radius 1 is 1.12 bits per heavy atom. The maximum atomic E-state index is 13.3. The van der Waals surface area contributed by atoms with Crippen molar-refractivity contribution in [2.24, 2.45) is 0 Å². The number of thiazole rings is 1. The first-order chi connectivity index (χ1) is 15.5. The Morgan fingerprint density at radius 2 is 1.84 bits per heavy atom. The molecule has 1 amide bonds. The van der Waals surface area contributed by atoms with Gasteiger partial charge in [0.05, 0.1) is 11.8 Å². The molecule has 32 heavy (non-hydrogen) atoms. The van der Waals surface area contributed by atoms with Gasteiger partial charge in [-0.2, -0.15) is 0 Å². The molecule has 0 fully saturated rings. The van der Waals surface area contributed by atoms with Crippen LogP contribution in [0.1, 0.15) is 25.8 Å². The fourth-order valence-corrected chi connectivity index (χ4v) is 5.47. The molecule has 0 N–H and O–H groups in total. The lowest BCUT2D eigenvalue weighted by molar-refractivity contribution is -0.118. The maximum Gasteiger partial charge on any atom is 0.229 e. The number of benzene rings is 2. The van der Waals surface area contributed by atoms with E-state index in [2.05, 4.69) is 25.7 Å². The van der Waals surface area contributed by atoms with Crippen molar-refractivity contribution in [2.45, 2.75) is 32.1 Å². The van der Waals surface area contributed by atoms with Crippen molar-refractivity contribution in [1.29, 1.82) is 0 Å². The van der Waals surface area contributed by atoms with Crippen molar-refractivity contribution in [3.8, 4) is 5.75 Å². The average molecular weight is 492 g/mol. The molecule has 2 aromatic carbocycles. The summed E-state index contributed by atoms with van der Waals surface area (Å²) in [5.41, 5.74) is 1.96. The molecule has 0 aliphatic heterocycles. The third kappa shape index (κ3) is 6.16. The number of aromatic nitrogens is 1. The molecule has 0 radical (unpaired) electrons. The van der Waals surface area contributed by atoms with Gasteiger partial charge in [-0.15, -0.1) is 11.8 Å². The van der Waals surface area contributed by atoms with E-state index in [1.165, 1.54) is 0 Å². The first kappa shape index (κ1) is 24.8. The molecule has 0 spiro atoms. The highest BCUT2D eigenvalue weighted by molar-refractivity contribution is 7.99. The lowest BCUT2D eigenvalue weighted by Gasteiger charge is -2.24. The molecule has 0 aliphatic rings. The number of carbonyl (C=O) groups is 1. The zero-order valence-electron chi connectivity index (χ0n) is 19.1. The van der Waals surface area contributed by atoms with Crippen LogP contribution in [0.3, 0.4) is 0 Å². The molecule has 3 aromatic rings. The summed E-state index contributed by atoms with van der Waals surface area (Å²) in [7, 11) is 1.65. The molecule has 0 saturated carbocycles. The maximum absolute atomic E-state index is 13.3. The highest BCUT2D eigenvalue weighted by Gasteiger charge is 2.22. The van der Waals surface area contributed by atoms with Crippen LogP contribution in [0.5, 0.6) is 5.75 Å². The number of fused-ring (bicyclic) bond motifs is 1. The van der Waals surface area contributed by atoms with E-state index in [0.717, 1.165) is 56.2 Å². The third-order valence-corrected chi connectivity index (χ3v) is 7.86. The minimum absolute atomic E-state index is 0.0919. The van der Waals surface area contributed by atoms with Gasteiger partial charge in [0.2, 0.25) is 5.91 Å². The van der Waals surface area contributed by atoms with E-state index in [1.807, 2.05) is 41.3 Å². The summed E-state index contributed by atoms with van der Waals surface area (Å²) in [5, 5.41) is 1.45. The second kappa shape index (κ2) is 11.9. The summed E-state index contributed by atoms with van der Waals surface area (Å²) in [6.07, 6.45) is 0.442. The lowest BCUT2D eigenvalue weighted by atomic mass is 10.2. The minimum atomic E-state index is 0.0919. The number of carbonyl (C=O) groups excluding carboxylic acids is 1. The molecule has 5 nitrogen and oxygen atoms in total. The largest absolute Gasteiger partial charge is 0.494 e. The molecule has 0 unspecified atom stereocenters. The number of amides is 1. The number of anilines is 1. The summed E-state index contributed by atoms with van der Waals surface area (Å²) in [5.74, 6) is 1.53. The molecule has 0 aliphatic carbocycles. The van der Waals surface area contributed by atoms with E-state index in [0.29, 0.717) is 18.7 Å². The molecule has 8 heteroatoms. The second-order valence-corrected chi connectivity index (χ2v) is 9.97. The number of thioether (sulfide) groups is 1. The van der Waals surface area contributed by atoms with E-state index in [-0.39, 0.29) is 5.91 Å². The lowest BCUT2D eigenvalue weighted by Crippen LogP contribution is -2.39. The monoisotopic (exact) mass is 491 g/mol. The van der Waals surface area contributed by atoms with E-state index < -0.39 is 0 Å². The Labute approximate surface area is 203 Å². The van der Waals surface area contributed by atoms with Gasteiger partial charge >= 0.3 is 0 Å². The number of nitrogens with zero attached hydrogens (tertiary/aromatic N) is 3. The topological polar surface area (TPSA) is 45.7 Å². The molecular weight excluding hydrogens is 462 g/mol. The number of methoxy groups -OCH3 is 1. The highest BCUT2D eigenvalue weighted by Crippen LogP contribution is 2.36. The van der Waals surface area contributed by atoms with Crippen LogP contribution in [0.4, 0.5) is 5.13 Å². The summed E-state index contributed by atoms with van der Waals surface area (Å²) in [6.45, 7) is 9.70. The number of aryl methyl sites for hydroxylation is 1. The Kier molecular flexibility index (Phi) is 9.22. The molecule has 1 aromatic heterocycles. The van der Waals surface area contributed by atoms with Crippen LogP contribution in [0.15, 0.2) is 41.3 Å². The van der Waals surface area contributed by atoms with Crippen LogP contribution >= 0.6 is 34.7 Å². The first-order valence-corrected chi connectivity index (χ1v) is 13.0. The number of ether oxygens (including phenoxy) is 1. The predicted molar refractivity (Wildman–Crippen MR) is 138 cm³/mol. The van der Waals surface area contributed by atoms with Crippen molar-refractivity contribution in [3.63, 3.8) is 0 Å². The fourth-order valence-electron chi connectivity index (χ4n) is 3.41. The summed E-state index contributed by atoms with van der Waals surface area (Å²) in [6, 6.07) is 11.7. The van der Waals surface area contributed by atoms with Gasteiger partial charge in [0.1, 0.15) is 11.3 Å². The van der Waals surface area contributed by atoms with Gasteiger partial charge in [-0.3, -0.25) is 9.69 Å². The van der Waals surface area contributed by atoms with E-state index >= 15 is 0 Å². The quantitative estimate of drug-likeness (QED) is 0.302. The van der Waals surface area contributed by atoms with Crippen LogP contribution < -0.4 is 9.64 Å². The van der Waals surface area contributed by atoms with Gasteiger partial charge < -0.3 is 9.64 Å². The standard InChI is InChI=1S/C24H30ClN3O2S2/c1-5-27(6-2)14-15-28(21(29)13-16-31-19-10-8-18(25)9-11-19)24-26-22-20(30-4)12-7-17(3)23(22)32-24/h7-12H,5-6,13-16H2,1-4H3. The summed E-state index contributed by atoms with van der Waals surface area (Å²) in [4.78, 5) is 23.4. The van der Waals surface area contributed by atoms with Crippen LogP contribution in [-0.2, 0) is 4.79 Å². The number of rotatable bonds is 11. The predicted octanol–water partition coefficient (Wildman–Crippen LogP) is 6.12. The normalized spacial score (nSPS) is 11.3. The number of halogens is 1. The van der Waals surface area contributed by atoms with Crippen LogP contribution in [0.2, 0.25) is 5.02 Å². The highest BCUT2D eigenvalue weighted by atomic mass is 35.5. The Morgan fingerprint density at radius 3 is 2.50 bits per heavy atom. The third-order valence-electron chi connectivity index (χ3n) is 5.38. The van der Waals surface area contributed by atoms with Gasteiger partial charge in [0.15, 0.2) is 5.13 Å².